The number of nitrogens with zero attached hydrogens (tertiary/aromatic N) is 6. The van der Waals surface area contributed by atoms with Gasteiger partial charge in [-0.3, -0.25) is 13.7 Å². The number of rotatable bonds is 13. The molecule has 3 aromatic carbocycles. The van der Waals surface area contributed by atoms with Crippen molar-refractivity contribution in [2.45, 2.75) is 14.7 Å². The summed E-state index contributed by atoms with van der Waals surface area (Å²) in [6.45, 7) is -1.05. The van der Waals surface area contributed by atoms with Crippen LogP contribution in [0, 0.1) is 12.0 Å². The van der Waals surface area contributed by atoms with Gasteiger partial charge < -0.3 is 15.5 Å². The SMILES string of the molecule is O=S(=O)(O)OCCS(=O)(=O)c1ccc(/N=N/c2cc(/N=N/c3cc(Nc4cc(F)nc(F)n4)ccc3S(=O)(=O)O)c(O)cc2O)c(S(=O)(=O)O)c1. The molecular formula is C24H19F2N7O14S4. The molecule has 0 saturated heterocycles. The monoisotopic (exact) mass is 795 g/mol. The molecule has 27 heteroatoms. The summed E-state index contributed by atoms with van der Waals surface area (Å²) in [4.78, 5) is 3.46. The van der Waals surface area contributed by atoms with E-state index in [4.69, 9.17) is 4.55 Å². The molecule has 0 spiro atoms. The van der Waals surface area contributed by atoms with Crippen molar-refractivity contribution < 1.29 is 70.5 Å². The van der Waals surface area contributed by atoms with Gasteiger partial charge in [-0.25, -0.2) is 12.6 Å². The van der Waals surface area contributed by atoms with Gasteiger partial charge in [0.05, 0.1) is 17.3 Å². The van der Waals surface area contributed by atoms with Crippen molar-refractivity contribution in [2.75, 3.05) is 17.7 Å². The Labute approximate surface area is 285 Å². The van der Waals surface area contributed by atoms with Crippen LogP contribution in [0.3, 0.4) is 0 Å². The van der Waals surface area contributed by atoms with Crippen LogP contribution in [0.5, 0.6) is 11.5 Å². The molecule has 0 amide bonds. The summed E-state index contributed by atoms with van der Waals surface area (Å²) in [5.74, 6) is -4.26. The predicted octanol–water partition coefficient (Wildman–Crippen LogP) is 3.83. The Morgan fingerprint density at radius 2 is 1.25 bits per heavy atom. The van der Waals surface area contributed by atoms with Gasteiger partial charge in [-0.05, 0) is 36.4 Å². The molecule has 4 rings (SSSR count). The largest absolute Gasteiger partial charge is 0.505 e. The Hall–Kier alpha value is -5.16. The quantitative estimate of drug-likeness (QED) is 0.0484. The fourth-order valence-electron chi connectivity index (χ4n) is 3.77. The van der Waals surface area contributed by atoms with E-state index in [0.717, 1.165) is 36.4 Å². The van der Waals surface area contributed by atoms with Crippen LogP contribution in [0.1, 0.15) is 0 Å². The lowest BCUT2D eigenvalue weighted by atomic mass is 10.2. The molecule has 0 atom stereocenters. The summed E-state index contributed by atoms with van der Waals surface area (Å²) in [7, 11) is -19.6. The Kier molecular flexibility index (Phi) is 11.1. The second-order valence-electron chi connectivity index (χ2n) is 9.53. The number of anilines is 2. The van der Waals surface area contributed by atoms with Gasteiger partial charge >= 0.3 is 16.5 Å². The second-order valence-corrected chi connectivity index (χ2v) is 15.5. The van der Waals surface area contributed by atoms with Gasteiger partial charge in [-0.15, -0.1) is 20.5 Å². The molecule has 0 fully saturated rings. The van der Waals surface area contributed by atoms with Gasteiger partial charge in [-0.1, -0.05) is 0 Å². The zero-order valence-corrected chi connectivity index (χ0v) is 27.9. The number of hydrogen-bond donors (Lipinski definition) is 6. The Balaban J connectivity index is 1.69. The third kappa shape index (κ3) is 10.4. The highest BCUT2D eigenvalue weighted by molar-refractivity contribution is 7.91. The van der Waals surface area contributed by atoms with Crippen molar-refractivity contribution in [3.05, 3.63) is 66.6 Å². The summed E-state index contributed by atoms with van der Waals surface area (Å²) in [6.07, 6.45) is -1.43. The normalized spacial score (nSPS) is 12.9. The number of nitrogens with one attached hydrogen (secondary N) is 1. The molecule has 0 aliphatic rings. The van der Waals surface area contributed by atoms with E-state index < -0.39 is 120 Å². The molecule has 1 heterocycles. The fraction of sp³-hybridized carbons (Fsp3) is 0.0833. The summed E-state index contributed by atoms with van der Waals surface area (Å²) < 4.78 is 153. The topological polar surface area (TPSA) is 334 Å². The highest BCUT2D eigenvalue weighted by Crippen LogP contribution is 2.41. The van der Waals surface area contributed by atoms with Crippen LogP contribution in [0.25, 0.3) is 0 Å². The van der Waals surface area contributed by atoms with Gasteiger partial charge in [0, 0.05) is 23.9 Å². The van der Waals surface area contributed by atoms with Crippen LogP contribution in [-0.4, -0.2) is 79.9 Å². The minimum Gasteiger partial charge on any atom is -0.505 e. The maximum Gasteiger partial charge on any atom is 0.397 e. The van der Waals surface area contributed by atoms with E-state index in [-0.39, 0.29) is 5.69 Å². The van der Waals surface area contributed by atoms with E-state index in [1.54, 1.807) is 0 Å². The molecule has 1 aromatic heterocycles. The van der Waals surface area contributed by atoms with Gasteiger partial charge in [0.2, 0.25) is 5.95 Å². The van der Waals surface area contributed by atoms with Crippen LogP contribution >= 0.6 is 0 Å². The third-order valence-corrected chi connectivity index (χ3v) is 9.86. The molecule has 51 heavy (non-hydrogen) atoms. The number of aromatic hydroxyl groups is 2. The molecule has 0 unspecified atom stereocenters. The molecule has 0 bridgehead atoms. The van der Waals surface area contributed by atoms with Crippen LogP contribution < -0.4 is 5.32 Å². The maximum absolute atomic E-state index is 13.5. The lowest BCUT2D eigenvalue weighted by molar-refractivity contribution is 0.284. The first-order chi connectivity index (χ1) is 23.5. The average molecular weight is 796 g/mol. The van der Waals surface area contributed by atoms with Crippen LogP contribution in [0.15, 0.2) is 89.7 Å². The van der Waals surface area contributed by atoms with Crippen molar-refractivity contribution in [1.29, 1.82) is 0 Å². The Morgan fingerprint density at radius 1 is 0.667 bits per heavy atom. The molecule has 6 N–H and O–H groups in total. The number of halogens is 2. The minimum atomic E-state index is -5.21. The number of benzene rings is 3. The van der Waals surface area contributed by atoms with Crippen molar-refractivity contribution in [1.82, 2.24) is 9.97 Å². The first-order valence-corrected chi connectivity index (χ1v) is 18.9. The maximum atomic E-state index is 13.5. The van der Waals surface area contributed by atoms with E-state index in [9.17, 15) is 61.8 Å². The van der Waals surface area contributed by atoms with Gasteiger partial charge in [0.1, 0.15) is 49.9 Å². The minimum absolute atomic E-state index is 0.0711. The zero-order chi connectivity index (χ0) is 37.9. The number of aromatic nitrogens is 2. The van der Waals surface area contributed by atoms with Gasteiger partial charge in [0.25, 0.3) is 20.2 Å². The van der Waals surface area contributed by atoms with Gasteiger partial charge in [0.15, 0.2) is 9.84 Å². The van der Waals surface area contributed by atoms with E-state index in [1.807, 2.05) is 0 Å². The predicted molar refractivity (Wildman–Crippen MR) is 165 cm³/mol. The van der Waals surface area contributed by atoms with E-state index in [1.165, 1.54) is 0 Å². The number of phenolic OH excluding ortho intramolecular Hbond substituents is 2. The summed E-state index contributed by atoms with van der Waals surface area (Å²) in [5.41, 5.74) is -2.44. The molecule has 272 valence electrons. The average Bonchev–Trinajstić information content (AvgIpc) is 2.98. The smallest absolute Gasteiger partial charge is 0.397 e. The lowest BCUT2D eigenvalue weighted by Crippen LogP contribution is -2.16. The van der Waals surface area contributed by atoms with Crippen LogP contribution in [0.2, 0.25) is 0 Å². The summed E-state index contributed by atoms with van der Waals surface area (Å²) >= 11 is 0. The van der Waals surface area contributed by atoms with E-state index in [2.05, 4.69) is 39.9 Å². The van der Waals surface area contributed by atoms with Crippen molar-refractivity contribution in [3.63, 3.8) is 0 Å². The van der Waals surface area contributed by atoms with Gasteiger partial charge in [-0.2, -0.15) is 44.0 Å². The molecule has 21 nitrogen and oxygen atoms in total. The zero-order valence-electron chi connectivity index (χ0n) is 24.6. The molecule has 0 aliphatic carbocycles. The summed E-state index contributed by atoms with van der Waals surface area (Å²) in [5, 5.41) is 37.5. The molecule has 0 saturated carbocycles. The number of sulfone groups is 1. The third-order valence-electron chi connectivity index (χ3n) is 5.93. The molecule has 0 radical (unpaired) electrons. The molecule has 4 aromatic rings. The van der Waals surface area contributed by atoms with E-state index in [0.29, 0.717) is 18.2 Å². The van der Waals surface area contributed by atoms with E-state index >= 15 is 0 Å². The number of hydrogen-bond acceptors (Lipinski definition) is 18. The first-order valence-electron chi connectivity index (χ1n) is 13.0. The van der Waals surface area contributed by atoms with Crippen molar-refractivity contribution >= 4 is 74.7 Å². The highest BCUT2D eigenvalue weighted by atomic mass is 32.3. The van der Waals surface area contributed by atoms with Crippen molar-refractivity contribution in [2.24, 2.45) is 20.5 Å². The summed E-state index contributed by atoms with van der Waals surface area (Å²) in [6, 6.07) is 7.05. The standard InChI is InChI=1S/C24H19F2N7O14S4/c25-22-11-23(29-24(26)28-22)27-12-1-4-20(49(38,39)40)17(7-12)33-32-16-9-15(18(34)10-19(16)35)31-30-14-3-2-13(8-21(14)50(41,42)43)48(36,37)6-5-47-51(44,45)46/h1-4,7-11,34-35H,5-6H2,(H,27,28,29)(H,38,39,40)(H,41,42,43)(H,44,45,46)/b31-30+,33-32+. The van der Waals surface area contributed by atoms with Crippen LogP contribution in [-0.2, 0) is 44.7 Å². The lowest BCUT2D eigenvalue weighted by Gasteiger charge is -2.09. The molecular weight excluding hydrogens is 777 g/mol. The first kappa shape index (κ1) is 38.6. The molecule has 0 aliphatic heterocycles. The Morgan fingerprint density at radius 3 is 1.82 bits per heavy atom. The second kappa shape index (κ2) is 14.6. The number of azo groups is 2. The van der Waals surface area contributed by atoms with Crippen LogP contribution in [0.4, 0.5) is 43.0 Å². The highest BCUT2D eigenvalue weighted by Gasteiger charge is 2.23. The number of phenols is 2. The fourth-order valence-corrected chi connectivity index (χ4v) is 6.61. The Bertz CT molecular complexity index is 2520. The van der Waals surface area contributed by atoms with Crippen molar-refractivity contribution in [3.8, 4) is 11.5 Å².